The number of rotatable bonds is 6. The lowest BCUT2D eigenvalue weighted by Gasteiger charge is -2.28. The Hall–Kier alpha value is -1.26. The highest BCUT2D eigenvalue weighted by molar-refractivity contribution is 6.30. The summed E-state index contributed by atoms with van der Waals surface area (Å²) in [6.07, 6.45) is 0.629. The molecule has 0 unspecified atom stereocenters. The maximum Gasteiger partial charge on any atom is 0.222 e. The summed E-state index contributed by atoms with van der Waals surface area (Å²) in [5, 5.41) is 3.86. The smallest absolute Gasteiger partial charge is 0.222 e. The first-order valence-electron chi connectivity index (χ1n) is 6.48. The molecule has 0 aliphatic carbocycles. The number of carbonyl (C=O) groups is 1. The summed E-state index contributed by atoms with van der Waals surface area (Å²) in [5.41, 5.74) is 0. The lowest BCUT2D eigenvalue weighted by atomic mass is 9.99. The van der Waals surface area contributed by atoms with Gasteiger partial charge in [-0.1, -0.05) is 11.6 Å². The summed E-state index contributed by atoms with van der Waals surface area (Å²) in [6.45, 7) is 3.01. The van der Waals surface area contributed by atoms with Crippen LogP contribution in [0.25, 0.3) is 0 Å². The van der Waals surface area contributed by atoms with E-state index < -0.39 is 0 Å². The molecule has 1 amide bonds. The van der Waals surface area contributed by atoms with Crippen LogP contribution in [-0.4, -0.2) is 44.1 Å². The summed E-state index contributed by atoms with van der Waals surface area (Å²) < 4.78 is 5.56. The number of nitrogens with zero attached hydrogens (tertiary/aromatic N) is 1. The van der Waals surface area contributed by atoms with Gasteiger partial charge >= 0.3 is 0 Å². The fourth-order valence-electron chi connectivity index (χ4n) is 1.85. The van der Waals surface area contributed by atoms with Gasteiger partial charge in [0.1, 0.15) is 12.4 Å². The second kappa shape index (κ2) is 6.78. The largest absolute Gasteiger partial charge is 0.492 e. The number of hydrogen-bond donors (Lipinski definition) is 1. The van der Waals surface area contributed by atoms with E-state index in [4.69, 9.17) is 16.3 Å². The standard InChI is InChI=1S/C14H19ClN2O2/c1-17(14(18)8-11-9-16-10-11)6-7-19-13-4-2-12(15)3-5-13/h2-5,11,16H,6-10H2,1H3. The zero-order chi connectivity index (χ0) is 13.7. The van der Waals surface area contributed by atoms with Gasteiger partial charge in [0.25, 0.3) is 0 Å². The number of halogens is 1. The van der Waals surface area contributed by atoms with E-state index in [1.54, 1.807) is 17.0 Å². The SMILES string of the molecule is CN(CCOc1ccc(Cl)cc1)C(=O)CC1CNC1. The van der Waals surface area contributed by atoms with Crippen LogP contribution in [0.5, 0.6) is 5.75 Å². The molecule has 1 fully saturated rings. The topological polar surface area (TPSA) is 41.6 Å². The van der Waals surface area contributed by atoms with E-state index in [9.17, 15) is 4.79 Å². The van der Waals surface area contributed by atoms with E-state index >= 15 is 0 Å². The monoisotopic (exact) mass is 282 g/mol. The summed E-state index contributed by atoms with van der Waals surface area (Å²) in [6, 6.07) is 7.22. The Balaban J connectivity index is 1.66. The van der Waals surface area contributed by atoms with Gasteiger partial charge in [0, 0.05) is 18.5 Å². The first-order valence-corrected chi connectivity index (χ1v) is 6.86. The van der Waals surface area contributed by atoms with E-state index in [1.165, 1.54) is 0 Å². The maximum absolute atomic E-state index is 11.9. The average Bonchev–Trinajstić information content (AvgIpc) is 2.36. The van der Waals surface area contributed by atoms with Gasteiger partial charge in [-0.05, 0) is 43.3 Å². The molecule has 0 bridgehead atoms. The lowest BCUT2D eigenvalue weighted by Crippen LogP contribution is -2.45. The Bertz CT molecular complexity index is 418. The fourth-order valence-corrected chi connectivity index (χ4v) is 1.98. The van der Waals surface area contributed by atoms with E-state index in [0.29, 0.717) is 30.5 Å². The van der Waals surface area contributed by atoms with E-state index in [0.717, 1.165) is 18.8 Å². The molecule has 104 valence electrons. The Morgan fingerprint density at radius 3 is 2.68 bits per heavy atom. The van der Waals surface area contributed by atoms with E-state index in [2.05, 4.69) is 5.32 Å². The van der Waals surface area contributed by atoms with Crippen LogP contribution < -0.4 is 10.1 Å². The second-order valence-corrected chi connectivity index (χ2v) is 5.28. The van der Waals surface area contributed by atoms with Crippen molar-refractivity contribution in [1.29, 1.82) is 0 Å². The normalized spacial score (nSPS) is 14.8. The molecule has 4 nitrogen and oxygen atoms in total. The molecule has 1 heterocycles. The van der Waals surface area contributed by atoms with Gasteiger partial charge in [-0.15, -0.1) is 0 Å². The maximum atomic E-state index is 11.9. The summed E-state index contributed by atoms with van der Waals surface area (Å²) in [4.78, 5) is 13.6. The molecule has 1 aromatic carbocycles. The molecule has 1 N–H and O–H groups in total. The van der Waals surface area contributed by atoms with Crippen molar-refractivity contribution in [3.63, 3.8) is 0 Å². The molecule has 0 aromatic heterocycles. The summed E-state index contributed by atoms with van der Waals surface area (Å²) in [5.74, 6) is 1.46. The molecule has 2 rings (SSSR count). The third-order valence-corrected chi connectivity index (χ3v) is 3.52. The first-order chi connectivity index (χ1) is 9.15. The van der Waals surface area contributed by atoms with Crippen LogP contribution in [0.2, 0.25) is 5.02 Å². The van der Waals surface area contributed by atoms with Crippen LogP contribution in [0.15, 0.2) is 24.3 Å². The first kappa shape index (κ1) is 14.2. The molecule has 19 heavy (non-hydrogen) atoms. The molecular formula is C14H19ClN2O2. The highest BCUT2D eigenvalue weighted by Gasteiger charge is 2.21. The minimum atomic E-state index is 0.186. The van der Waals surface area contributed by atoms with Crippen molar-refractivity contribution in [2.24, 2.45) is 5.92 Å². The van der Waals surface area contributed by atoms with Crippen molar-refractivity contribution in [2.75, 3.05) is 33.3 Å². The highest BCUT2D eigenvalue weighted by atomic mass is 35.5. The fraction of sp³-hybridized carbons (Fsp3) is 0.500. The van der Waals surface area contributed by atoms with Gasteiger partial charge in [0.2, 0.25) is 5.91 Å². The lowest BCUT2D eigenvalue weighted by molar-refractivity contribution is -0.131. The molecule has 1 aliphatic rings. The van der Waals surface area contributed by atoms with Gasteiger partial charge < -0.3 is 15.0 Å². The van der Waals surface area contributed by atoms with Crippen molar-refractivity contribution < 1.29 is 9.53 Å². The molecule has 1 aliphatic heterocycles. The van der Waals surface area contributed by atoms with Crippen LogP contribution in [0, 0.1) is 5.92 Å². The number of ether oxygens (including phenoxy) is 1. The van der Waals surface area contributed by atoms with Crippen LogP contribution in [0.3, 0.4) is 0 Å². The van der Waals surface area contributed by atoms with Crippen molar-refractivity contribution in [3.8, 4) is 5.75 Å². The summed E-state index contributed by atoms with van der Waals surface area (Å²) >= 11 is 5.79. The minimum Gasteiger partial charge on any atom is -0.492 e. The molecule has 1 aromatic rings. The molecular weight excluding hydrogens is 264 g/mol. The van der Waals surface area contributed by atoms with E-state index in [1.807, 2.05) is 19.2 Å². The zero-order valence-electron chi connectivity index (χ0n) is 11.1. The van der Waals surface area contributed by atoms with Crippen LogP contribution in [-0.2, 0) is 4.79 Å². The van der Waals surface area contributed by atoms with Gasteiger partial charge in [-0.3, -0.25) is 4.79 Å². The second-order valence-electron chi connectivity index (χ2n) is 4.85. The molecule has 0 saturated carbocycles. The molecule has 5 heteroatoms. The van der Waals surface area contributed by atoms with E-state index in [-0.39, 0.29) is 5.91 Å². The molecule has 0 atom stereocenters. The van der Waals surface area contributed by atoms with Gasteiger partial charge in [0.15, 0.2) is 0 Å². The highest BCUT2D eigenvalue weighted by Crippen LogP contribution is 2.15. The van der Waals surface area contributed by atoms with Crippen LogP contribution >= 0.6 is 11.6 Å². The van der Waals surface area contributed by atoms with Crippen molar-refractivity contribution in [1.82, 2.24) is 10.2 Å². The third kappa shape index (κ3) is 4.40. The number of nitrogens with one attached hydrogen (secondary N) is 1. The quantitative estimate of drug-likeness (QED) is 0.865. The van der Waals surface area contributed by atoms with Crippen LogP contribution in [0.1, 0.15) is 6.42 Å². The number of amides is 1. The number of hydrogen-bond acceptors (Lipinski definition) is 3. The molecule has 1 saturated heterocycles. The molecule has 0 radical (unpaired) electrons. The zero-order valence-corrected chi connectivity index (χ0v) is 11.8. The predicted molar refractivity (Wildman–Crippen MR) is 75.6 cm³/mol. The minimum absolute atomic E-state index is 0.186. The van der Waals surface area contributed by atoms with Gasteiger partial charge in [0.05, 0.1) is 6.54 Å². The Morgan fingerprint density at radius 1 is 1.42 bits per heavy atom. The van der Waals surface area contributed by atoms with Crippen molar-refractivity contribution >= 4 is 17.5 Å². The predicted octanol–water partition coefficient (Wildman–Crippen LogP) is 1.79. The number of benzene rings is 1. The van der Waals surface area contributed by atoms with Crippen molar-refractivity contribution in [2.45, 2.75) is 6.42 Å². The Labute approximate surface area is 118 Å². The van der Waals surface area contributed by atoms with Crippen molar-refractivity contribution in [3.05, 3.63) is 29.3 Å². The third-order valence-electron chi connectivity index (χ3n) is 3.26. The van der Waals surface area contributed by atoms with Crippen LogP contribution in [0.4, 0.5) is 0 Å². The number of likely N-dealkylation sites (N-methyl/N-ethyl adjacent to an activating group) is 1. The molecule has 0 spiro atoms. The summed E-state index contributed by atoms with van der Waals surface area (Å²) in [7, 11) is 1.82. The Morgan fingerprint density at radius 2 is 2.11 bits per heavy atom. The van der Waals surface area contributed by atoms with Gasteiger partial charge in [-0.25, -0.2) is 0 Å². The van der Waals surface area contributed by atoms with Gasteiger partial charge in [-0.2, -0.15) is 0 Å². The number of carbonyl (C=O) groups excluding carboxylic acids is 1. The Kier molecular flexibility index (Phi) is 5.05. The average molecular weight is 283 g/mol.